The highest BCUT2D eigenvalue weighted by atomic mass is 15.2. The summed E-state index contributed by atoms with van der Waals surface area (Å²) in [5.74, 6) is 1.91. The van der Waals surface area contributed by atoms with Crippen LogP contribution in [0.15, 0.2) is 0 Å². The lowest BCUT2D eigenvalue weighted by molar-refractivity contribution is 0.243. The van der Waals surface area contributed by atoms with Crippen molar-refractivity contribution in [3.8, 4) is 6.07 Å². The van der Waals surface area contributed by atoms with Crippen LogP contribution in [-0.2, 0) is 0 Å². The first-order chi connectivity index (χ1) is 6.33. The van der Waals surface area contributed by atoms with Crippen LogP contribution >= 0.6 is 0 Å². The van der Waals surface area contributed by atoms with Crippen LogP contribution in [0.25, 0.3) is 0 Å². The third-order valence-electron chi connectivity index (χ3n) is 3.51. The van der Waals surface area contributed by atoms with Gasteiger partial charge in [0.25, 0.3) is 0 Å². The van der Waals surface area contributed by atoms with E-state index < -0.39 is 0 Å². The van der Waals surface area contributed by atoms with Gasteiger partial charge in [-0.25, -0.2) is 0 Å². The highest BCUT2D eigenvalue weighted by molar-refractivity contribution is 4.96. The Balaban J connectivity index is 1.80. The second kappa shape index (κ2) is 3.65. The minimum Gasteiger partial charge on any atom is -0.304 e. The van der Waals surface area contributed by atoms with Gasteiger partial charge < -0.3 is 10.2 Å². The van der Waals surface area contributed by atoms with Gasteiger partial charge in [0.2, 0.25) is 0 Å². The summed E-state index contributed by atoms with van der Waals surface area (Å²) in [6.45, 7) is 3.36. The summed E-state index contributed by atoms with van der Waals surface area (Å²) in [7, 11) is 1.86. The van der Waals surface area contributed by atoms with E-state index in [0.29, 0.717) is 0 Å². The molecule has 72 valence electrons. The molecule has 2 rings (SSSR count). The van der Waals surface area contributed by atoms with Crippen molar-refractivity contribution in [1.29, 1.82) is 5.26 Å². The maximum absolute atomic E-state index is 8.79. The summed E-state index contributed by atoms with van der Waals surface area (Å²) in [4.78, 5) is 2.44. The van der Waals surface area contributed by atoms with E-state index in [1.54, 1.807) is 0 Å². The first-order valence-electron chi connectivity index (χ1n) is 5.12. The Morgan fingerprint density at radius 2 is 2.08 bits per heavy atom. The van der Waals surface area contributed by atoms with Crippen LogP contribution in [0.5, 0.6) is 0 Å². The molecule has 3 heteroatoms. The fourth-order valence-corrected chi connectivity index (χ4v) is 2.46. The molecule has 1 aliphatic carbocycles. The zero-order valence-corrected chi connectivity index (χ0v) is 8.16. The molecule has 0 aromatic carbocycles. The molecule has 1 N–H and O–H groups in total. The summed E-state index contributed by atoms with van der Waals surface area (Å²) in [6.07, 6.45) is 2.83. The average Bonchev–Trinajstić information content (AvgIpc) is 2.40. The van der Waals surface area contributed by atoms with Gasteiger partial charge in [0.1, 0.15) is 6.04 Å². The van der Waals surface area contributed by atoms with Crippen molar-refractivity contribution >= 4 is 0 Å². The Morgan fingerprint density at radius 1 is 1.46 bits per heavy atom. The van der Waals surface area contributed by atoms with Crippen LogP contribution in [0.2, 0.25) is 0 Å². The quantitative estimate of drug-likeness (QED) is 0.683. The molecular weight excluding hydrogens is 162 g/mol. The molecule has 0 aromatic rings. The monoisotopic (exact) mass is 179 g/mol. The van der Waals surface area contributed by atoms with Crippen molar-refractivity contribution in [2.45, 2.75) is 18.9 Å². The minimum atomic E-state index is 0.0116. The molecule has 0 amide bonds. The number of likely N-dealkylation sites (N-methyl/N-ethyl adjacent to an activating group) is 1. The predicted octanol–water partition coefficient (Wildman–Crippen LogP) is 0.440. The largest absolute Gasteiger partial charge is 0.304 e. The molecule has 0 aromatic heterocycles. The van der Waals surface area contributed by atoms with Crippen LogP contribution in [0.4, 0.5) is 0 Å². The Morgan fingerprint density at radius 3 is 2.46 bits per heavy atom. The molecule has 3 nitrogen and oxygen atoms in total. The smallest absolute Gasteiger partial charge is 0.108 e. The third kappa shape index (κ3) is 1.70. The van der Waals surface area contributed by atoms with Crippen molar-refractivity contribution in [3.05, 3.63) is 0 Å². The molecule has 1 heterocycles. The summed E-state index contributed by atoms with van der Waals surface area (Å²) in [5.41, 5.74) is 0. The standard InChI is InChI=1S/C10H17N3/c1-12-10(4-11)7-13-5-8-2-3-9(8)6-13/h8-10,12H,2-3,5-7H2,1H3. The van der Waals surface area contributed by atoms with E-state index in [9.17, 15) is 0 Å². The lowest BCUT2D eigenvalue weighted by Crippen LogP contribution is -2.37. The predicted molar refractivity (Wildman–Crippen MR) is 51.1 cm³/mol. The molecule has 13 heavy (non-hydrogen) atoms. The number of rotatable bonds is 3. The van der Waals surface area contributed by atoms with Gasteiger partial charge in [-0.05, 0) is 31.7 Å². The highest BCUT2D eigenvalue weighted by Crippen LogP contribution is 2.40. The summed E-state index contributed by atoms with van der Waals surface area (Å²) in [6, 6.07) is 2.29. The summed E-state index contributed by atoms with van der Waals surface area (Å²) >= 11 is 0. The van der Waals surface area contributed by atoms with Crippen molar-refractivity contribution in [2.75, 3.05) is 26.7 Å². The zero-order valence-electron chi connectivity index (χ0n) is 8.16. The van der Waals surface area contributed by atoms with E-state index in [-0.39, 0.29) is 6.04 Å². The molecule has 1 saturated heterocycles. The van der Waals surface area contributed by atoms with Gasteiger partial charge in [0.15, 0.2) is 0 Å². The second-order valence-electron chi connectivity index (χ2n) is 4.29. The lowest BCUT2D eigenvalue weighted by atomic mass is 9.77. The number of hydrogen-bond donors (Lipinski definition) is 1. The van der Waals surface area contributed by atoms with Crippen molar-refractivity contribution in [3.63, 3.8) is 0 Å². The van der Waals surface area contributed by atoms with Crippen LogP contribution in [0, 0.1) is 23.2 Å². The zero-order chi connectivity index (χ0) is 9.26. The highest BCUT2D eigenvalue weighted by Gasteiger charge is 2.39. The van der Waals surface area contributed by atoms with Gasteiger partial charge in [-0.1, -0.05) is 0 Å². The number of nitrogens with zero attached hydrogens (tertiary/aromatic N) is 2. The number of fused-ring (bicyclic) bond motifs is 1. The molecule has 3 atom stereocenters. The fourth-order valence-electron chi connectivity index (χ4n) is 2.46. The SMILES string of the molecule is CNC(C#N)CN1CC2CCC2C1. The summed E-state index contributed by atoms with van der Waals surface area (Å²) < 4.78 is 0. The third-order valence-corrected chi connectivity index (χ3v) is 3.51. The van der Waals surface area contributed by atoms with E-state index in [4.69, 9.17) is 5.26 Å². The van der Waals surface area contributed by atoms with Gasteiger partial charge in [0.05, 0.1) is 6.07 Å². The van der Waals surface area contributed by atoms with Crippen molar-refractivity contribution in [1.82, 2.24) is 10.2 Å². The Kier molecular flexibility index (Phi) is 2.52. The van der Waals surface area contributed by atoms with Gasteiger partial charge >= 0.3 is 0 Å². The van der Waals surface area contributed by atoms with E-state index in [1.165, 1.54) is 25.9 Å². The molecule has 2 aliphatic rings. The number of likely N-dealkylation sites (tertiary alicyclic amines) is 1. The molecule has 2 fully saturated rings. The molecule has 0 spiro atoms. The van der Waals surface area contributed by atoms with E-state index >= 15 is 0 Å². The summed E-state index contributed by atoms with van der Waals surface area (Å²) in [5, 5.41) is 11.8. The molecule has 1 aliphatic heterocycles. The Labute approximate surface area is 79.7 Å². The van der Waals surface area contributed by atoms with Gasteiger partial charge in [-0.15, -0.1) is 0 Å². The second-order valence-corrected chi connectivity index (χ2v) is 4.29. The molecule has 0 radical (unpaired) electrons. The number of nitrogens with one attached hydrogen (secondary N) is 1. The van der Waals surface area contributed by atoms with Gasteiger partial charge in [-0.3, -0.25) is 0 Å². The number of hydrogen-bond acceptors (Lipinski definition) is 3. The maximum Gasteiger partial charge on any atom is 0.108 e. The first-order valence-corrected chi connectivity index (χ1v) is 5.12. The Bertz CT molecular complexity index is 209. The number of nitriles is 1. The Hall–Kier alpha value is -0.590. The van der Waals surface area contributed by atoms with E-state index in [2.05, 4.69) is 16.3 Å². The average molecular weight is 179 g/mol. The fraction of sp³-hybridized carbons (Fsp3) is 0.900. The van der Waals surface area contributed by atoms with Crippen LogP contribution in [-0.4, -0.2) is 37.6 Å². The van der Waals surface area contributed by atoms with Crippen molar-refractivity contribution < 1.29 is 0 Å². The first kappa shape index (κ1) is 8.98. The van der Waals surface area contributed by atoms with Crippen LogP contribution in [0.3, 0.4) is 0 Å². The maximum atomic E-state index is 8.79. The van der Waals surface area contributed by atoms with Gasteiger partial charge in [0, 0.05) is 19.6 Å². The normalized spacial score (nSPS) is 34.8. The topological polar surface area (TPSA) is 39.1 Å². The van der Waals surface area contributed by atoms with Crippen molar-refractivity contribution in [2.24, 2.45) is 11.8 Å². The molecular formula is C10H17N3. The molecule has 1 saturated carbocycles. The van der Waals surface area contributed by atoms with E-state index in [1.807, 2.05) is 7.05 Å². The van der Waals surface area contributed by atoms with Gasteiger partial charge in [-0.2, -0.15) is 5.26 Å². The van der Waals surface area contributed by atoms with Crippen LogP contribution < -0.4 is 5.32 Å². The molecule has 0 bridgehead atoms. The van der Waals surface area contributed by atoms with E-state index in [0.717, 1.165) is 18.4 Å². The minimum absolute atomic E-state index is 0.0116. The van der Waals surface area contributed by atoms with Crippen LogP contribution in [0.1, 0.15) is 12.8 Å². The lowest BCUT2D eigenvalue weighted by Gasteiger charge is -2.28. The molecule has 3 unspecified atom stereocenters.